The molecule has 0 saturated heterocycles. The minimum absolute atomic E-state index is 0.757. The van der Waals surface area contributed by atoms with Gasteiger partial charge in [-0.05, 0) is 37.0 Å². The summed E-state index contributed by atoms with van der Waals surface area (Å²) in [4.78, 5) is 0. The maximum absolute atomic E-state index is 5.64. The highest BCUT2D eigenvalue weighted by molar-refractivity contribution is 9.09. The molecule has 0 N–H and O–H groups in total. The van der Waals surface area contributed by atoms with E-state index in [-0.39, 0.29) is 0 Å². The summed E-state index contributed by atoms with van der Waals surface area (Å²) >= 11 is 3.58. The standard InChI is InChI=1S/C13H27BrO/c1-11(2)5-7-15-8-6-13(10-14)9-12(3)4/h11-13H,5-10H2,1-4H3. The monoisotopic (exact) mass is 278 g/mol. The molecule has 0 aromatic heterocycles. The van der Waals surface area contributed by atoms with Crippen molar-refractivity contribution in [3.63, 3.8) is 0 Å². The lowest BCUT2D eigenvalue weighted by atomic mass is 9.96. The van der Waals surface area contributed by atoms with Crippen LogP contribution in [0.2, 0.25) is 0 Å². The summed E-state index contributed by atoms with van der Waals surface area (Å²) < 4.78 is 5.64. The van der Waals surface area contributed by atoms with Crippen LogP contribution in [-0.2, 0) is 4.74 Å². The summed E-state index contributed by atoms with van der Waals surface area (Å²) in [7, 11) is 0. The molecule has 0 bridgehead atoms. The van der Waals surface area contributed by atoms with Crippen molar-refractivity contribution in [2.45, 2.75) is 47.0 Å². The van der Waals surface area contributed by atoms with Gasteiger partial charge in [0.1, 0.15) is 0 Å². The molecule has 0 saturated carbocycles. The Morgan fingerprint density at radius 3 is 2.00 bits per heavy atom. The van der Waals surface area contributed by atoms with Crippen LogP contribution in [0.25, 0.3) is 0 Å². The fourth-order valence-electron chi connectivity index (χ4n) is 1.60. The molecular weight excluding hydrogens is 252 g/mol. The molecule has 2 heteroatoms. The first kappa shape index (κ1) is 15.4. The highest BCUT2D eigenvalue weighted by Gasteiger charge is 2.09. The van der Waals surface area contributed by atoms with Gasteiger partial charge in [-0.2, -0.15) is 0 Å². The molecule has 0 spiro atoms. The zero-order valence-corrected chi connectivity index (χ0v) is 12.3. The highest BCUT2D eigenvalue weighted by Crippen LogP contribution is 2.17. The van der Waals surface area contributed by atoms with Gasteiger partial charge >= 0.3 is 0 Å². The highest BCUT2D eigenvalue weighted by atomic mass is 79.9. The lowest BCUT2D eigenvalue weighted by molar-refractivity contribution is 0.110. The van der Waals surface area contributed by atoms with Crippen LogP contribution in [0.5, 0.6) is 0 Å². The van der Waals surface area contributed by atoms with Crippen molar-refractivity contribution in [3.05, 3.63) is 0 Å². The Hall–Kier alpha value is 0.440. The number of halogens is 1. The first-order chi connectivity index (χ1) is 7.06. The van der Waals surface area contributed by atoms with Crippen molar-refractivity contribution in [1.82, 2.24) is 0 Å². The minimum atomic E-state index is 0.757. The first-order valence-electron chi connectivity index (χ1n) is 6.20. The second kappa shape index (κ2) is 9.65. The number of alkyl halides is 1. The topological polar surface area (TPSA) is 9.23 Å². The summed E-state index contributed by atoms with van der Waals surface area (Å²) in [5, 5.41) is 1.11. The summed E-state index contributed by atoms with van der Waals surface area (Å²) in [6.07, 6.45) is 3.68. The van der Waals surface area contributed by atoms with Gasteiger partial charge in [0.05, 0.1) is 0 Å². The number of hydrogen-bond acceptors (Lipinski definition) is 1. The van der Waals surface area contributed by atoms with Gasteiger partial charge in [0, 0.05) is 18.5 Å². The van der Waals surface area contributed by atoms with E-state index < -0.39 is 0 Å². The molecule has 1 unspecified atom stereocenters. The average molecular weight is 279 g/mol. The molecule has 0 aliphatic rings. The minimum Gasteiger partial charge on any atom is -0.381 e. The zero-order valence-electron chi connectivity index (χ0n) is 10.8. The van der Waals surface area contributed by atoms with Crippen LogP contribution < -0.4 is 0 Å². The van der Waals surface area contributed by atoms with Gasteiger partial charge < -0.3 is 4.74 Å². The van der Waals surface area contributed by atoms with Crippen molar-refractivity contribution < 1.29 is 4.74 Å². The van der Waals surface area contributed by atoms with E-state index in [1.807, 2.05) is 0 Å². The Morgan fingerprint density at radius 1 is 0.933 bits per heavy atom. The van der Waals surface area contributed by atoms with E-state index in [1.165, 1.54) is 19.3 Å². The van der Waals surface area contributed by atoms with E-state index in [9.17, 15) is 0 Å². The van der Waals surface area contributed by atoms with E-state index in [4.69, 9.17) is 4.74 Å². The van der Waals surface area contributed by atoms with Gasteiger partial charge in [0.15, 0.2) is 0 Å². The van der Waals surface area contributed by atoms with Crippen LogP contribution in [0, 0.1) is 17.8 Å². The molecule has 15 heavy (non-hydrogen) atoms. The Kier molecular flexibility index (Phi) is 9.93. The lowest BCUT2D eigenvalue weighted by Crippen LogP contribution is -2.10. The predicted molar refractivity (Wildman–Crippen MR) is 71.6 cm³/mol. The Bertz CT molecular complexity index is 134. The predicted octanol–water partition coefficient (Wildman–Crippen LogP) is 4.50. The molecule has 92 valence electrons. The molecule has 0 amide bonds. The van der Waals surface area contributed by atoms with Gasteiger partial charge in [-0.1, -0.05) is 43.6 Å². The van der Waals surface area contributed by atoms with Crippen molar-refractivity contribution in [1.29, 1.82) is 0 Å². The van der Waals surface area contributed by atoms with Gasteiger partial charge in [-0.15, -0.1) is 0 Å². The molecule has 1 nitrogen and oxygen atoms in total. The van der Waals surface area contributed by atoms with Crippen molar-refractivity contribution in [2.75, 3.05) is 18.5 Å². The molecule has 0 fully saturated rings. The summed E-state index contributed by atoms with van der Waals surface area (Å²) in [6, 6.07) is 0. The maximum Gasteiger partial charge on any atom is 0.0468 e. The van der Waals surface area contributed by atoms with E-state index in [2.05, 4.69) is 43.6 Å². The summed E-state index contributed by atoms with van der Waals surface area (Å²) in [5.74, 6) is 2.33. The third-order valence-corrected chi connectivity index (χ3v) is 3.45. The third-order valence-electron chi connectivity index (χ3n) is 2.53. The van der Waals surface area contributed by atoms with Crippen LogP contribution in [0.4, 0.5) is 0 Å². The second-order valence-corrected chi connectivity index (χ2v) is 5.88. The average Bonchev–Trinajstić information content (AvgIpc) is 2.14. The Morgan fingerprint density at radius 2 is 1.53 bits per heavy atom. The quantitative estimate of drug-likeness (QED) is 0.446. The fraction of sp³-hybridized carbons (Fsp3) is 1.00. The van der Waals surface area contributed by atoms with Gasteiger partial charge in [0.25, 0.3) is 0 Å². The van der Waals surface area contributed by atoms with E-state index in [0.717, 1.165) is 36.3 Å². The Labute approximate surface area is 104 Å². The van der Waals surface area contributed by atoms with Gasteiger partial charge in [-0.25, -0.2) is 0 Å². The molecule has 1 atom stereocenters. The summed E-state index contributed by atoms with van der Waals surface area (Å²) in [6.45, 7) is 10.9. The van der Waals surface area contributed by atoms with Gasteiger partial charge in [0.2, 0.25) is 0 Å². The van der Waals surface area contributed by atoms with Crippen LogP contribution in [0.15, 0.2) is 0 Å². The lowest BCUT2D eigenvalue weighted by Gasteiger charge is -2.16. The number of rotatable bonds is 9. The van der Waals surface area contributed by atoms with E-state index in [0.29, 0.717) is 0 Å². The normalized spacial score (nSPS) is 13.8. The molecule has 0 aliphatic carbocycles. The maximum atomic E-state index is 5.64. The van der Waals surface area contributed by atoms with Crippen LogP contribution in [0.1, 0.15) is 47.0 Å². The smallest absolute Gasteiger partial charge is 0.0468 e. The van der Waals surface area contributed by atoms with Gasteiger partial charge in [-0.3, -0.25) is 0 Å². The molecular formula is C13H27BrO. The molecule has 0 aliphatic heterocycles. The molecule has 0 aromatic carbocycles. The molecule has 0 heterocycles. The molecule has 0 radical (unpaired) electrons. The SMILES string of the molecule is CC(C)CCOCCC(CBr)CC(C)C. The third kappa shape index (κ3) is 10.7. The van der Waals surface area contributed by atoms with Crippen LogP contribution in [-0.4, -0.2) is 18.5 Å². The zero-order chi connectivity index (χ0) is 11.7. The molecule has 0 rings (SSSR count). The number of ether oxygens (including phenoxy) is 1. The Balaban J connectivity index is 3.38. The van der Waals surface area contributed by atoms with E-state index >= 15 is 0 Å². The first-order valence-corrected chi connectivity index (χ1v) is 7.32. The fourth-order valence-corrected chi connectivity index (χ4v) is 2.18. The second-order valence-electron chi connectivity index (χ2n) is 5.23. The van der Waals surface area contributed by atoms with Crippen LogP contribution in [0.3, 0.4) is 0 Å². The van der Waals surface area contributed by atoms with Crippen molar-refractivity contribution >= 4 is 15.9 Å². The number of hydrogen-bond donors (Lipinski definition) is 0. The molecule has 0 aromatic rings. The van der Waals surface area contributed by atoms with E-state index in [1.54, 1.807) is 0 Å². The largest absolute Gasteiger partial charge is 0.381 e. The van der Waals surface area contributed by atoms with Crippen molar-refractivity contribution in [2.24, 2.45) is 17.8 Å². The van der Waals surface area contributed by atoms with Crippen LogP contribution >= 0.6 is 15.9 Å². The van der Waals surface area contributed by atoms with Crippen molar-refractivity contribution in [3.8, 4) is 0 Å². The summed E-state index contributed by atoms with van der Waals surface area (Å²) in [5.41, 5.74) is 0.